The molecule has 0 saturated heterocycles. The van der Waals surface area contributed by atoms with Crippen LogP contribution in [0.5, 0.6) is 5.75 Å². The summed E-state index contributed by atoms with van der Waals surface area (Å²) < 4.78 is -1.37. The van der Waals surface area contributed by atoms with Crippen LogP contribution in [0.2, 0.25) is 0 Å². The summed E-state index contributed by atoms with van der Waals surface area (Å²) in [7, 11) is 0. The van der Waals surface area contributed by atoms with Crippen molar-refractivity contribution in [3.05, 3.63) is 29.8 Å². The molecule has 4 heteroatoms. The second-order valence-electron chi connectivity index (χ2n) is 3.67. The Morgan fingerprint density at radius 2 is 1.43 bits per heavy atom. The van der Waals surface area contributed by atoms with E-state index in [1.54, 1.807) is 24.3 Å². The first-order chi connectivity index (χ1) is 6.25. The van der Waals surface area contributed by atoms with Crippen LogP contribution in [-0.2, 0) is 5.41 Å². The Kier molecular flexibility index (Phi) is 3.25. The van der Waals surface area contributed by atoms with Crippen molar-refractivity contribution in [1.29, 1.82) is 0 Å². The minimum Gasteiger partial charge on any atom is -0.508 e. The molecule has 0 heterocycles. The number of phenols is 1. The third-order valence-corrected chi connectivity index (χ3v) is 3.72. The lowest BCUT2D eigenvalue weighted by Crippen LogP contribution is -2.33. The molecule has 1 aromatic rings. The van der Waals surface area contributed by atoms with Crippen LogP contribution in [0.4, 0.5) is 0 Å². The topological polar surface area (TPSA) is 20.2 Å². The summed E-state index contributed by atoms with van der Waals surface area (Å²) in [5.74, 6) is 0.203. The fraction of sp³-hybridized carbons (Fsp3) is 0.400. The Balaban J connectivity index is 3.10. The smallest absolute Gasteiger partial charge is 0.199 e. The summed E-state index contributed by atoms with van der Waals surface area (Å²) >= 11 is 17.6. The molecule has 0 unspecified atom stereocenters. The molecule has 0 aliphatic heterocycles. The molecule has 1 nitrogen and oxygen atoms in total. The van der Waals surface area contributed by atoms with E-state index in [2.05, 4.69) is 0 Å². The molecular weight excluding hydrogens is 242 g/mol. The van der Waals surface area contributed by atoms with E-state index in [0.717, 1.165) is 5.56 Å². The Labute approximate surface area is 98.6 Å². The second kappa shape index (κ2) is 3.80. The maximum atomic E-state index is 9.13. The molecule has 14 heavy (non-hydrogen) atoms. The zero-order valence-corrected chi connectivity index (χ0v) is 10.2. The number of rotatable bonds is 1. The number of halogens is 3. The van der Waals surface area contributed by atoms with Gasteiger partial charge < -0.3 is 5.11 Å². The normalized spacial score (nSPS) is 12.9. The van der Waals surface area contributed by atoms with E-state index in [1.807, 2.05) is 13.8 Å². The van der Waals surface area contributed by atoms with Gasteiger partial charge in [0.15, 0.2) is 3.79 Å². The van der Waals surface area contributed by atoms with Gasteiger partial charge >= 0.3 is 0 Å². The number of phenolic OH excluding ortho intramolecular Hbond substituents is 1. The van der Waals surface area contributed by atoms with Crippen molar-refractivity contribution in [3.8, 4) is 5.75 Å². The van der Waals surface area contributed by atoms with Crippen molar-refractivity contribution in [2.75, 3.05) is 0 Å². The molecule has 78 valence electrons. The zero-order valence-electron chi connectivity index (χ0n) is 7.89. The first-order valence-electron chi connectivity index (χ1n) is 4.11. The van der Waals surface area contributed by atoms with Gasteiger partial charge in [0.1, 0.15) is 5.75 Å². The molecule has 0 saturated carbocycles. The molecule has 1 rings (SSSR count). The molecule has 0 radical (unpaired) electrons. The van der Waals surface area contributed by atoms with Gasteiger partial charge in [-0.25, -0.2) is 0 Å². The van der Waals surface area contributed by atoms with Crippen molar-refractivity contribution in [2.45, 2.75) is 23.1 Å². The van der Waals surface area contributed by atoms with E-state index in [4.69, 9.17) is 39.9 Å². The number of benzene rings is 1. The van der Waals surface area contributed by atoms with Crippen LogP contribution in [0, 0.1) is 0 Å². The standard InChI is InChI=1S/C10H11Cl3O/c1-9(2,10(11,12)13)7-3-5-8(14)6-4-7/h3-6,14H,1-2H3. The predicted octanol–water partition coefficient (Wildman–Crippen LogP) is 4.04. The van der Waals surface area contributed by atoms with Crippen LogP contribution in [0.25, 0.3) is 0 Å². The summed E-state index contributed by atoms with van der Waals surface area (Å²) in [4.78, 5) is 0. The predicted molar refractivity (Wildman–Crippen MR) is 61.4 cm³/mol. The van der Waals surface area contributed by atoms with Gasteiger partial charge in [-0.2, -0.15) is 0 Å². The fourth-order valence-corrected chi connectivity index (χ4v) is 1.37. The van der Waals surface area contributed by atoms with Crippen molar-refractivity contribution < 1.29 is 5.11 Å². The van der Waals surface area contributed by atoms with Crippen molar-refractivity contribution >= 4 is 34.8 Å². The first kappa shape index (κ1) is 12.0. The van der Waals surface area contributed by atoms with Crippen LogP contribution in [-0.4, -0.2) is 8.90 Å². The third-order valence-electron chi connectivity index (χ3n) is 2.30. The van der Waals surface area contributed by atoms with Crippen LogP contribution < -0.4 is 0 Å². The highest BCUT2D eigenvalue weighted by Crippen LogP contribution is 2.46. The third kappa shape index (κ3) is 2.28. The summed E-state index contributed by atoms with van der Waals surface area (Å²) in [5, 5.41) is 9.13. The second-order valence-corrected chi connectivity index (χ2v) is 5.95. The zero-order chi connectivity index (χ0) is 11.0. The Hall–Kier alpha value is -0.110. The monoisotopic (exact) mass is 252 g/mol. The van der Waals surface area contributed by atoms with Gasteiger partial charge in [0.2, 0.25) is 0 Å². The average Bonchev–Trinajstić information content (AvgIpc) is 2.03. The lowest BCUT2D eigenvalue weighted by atomic mass is 9.86. The van der Waals surface area contributed by atoms with Crippen LogP contribution >= 0.6 is 34.8 Å². The van der Waals surface area contributed by atoms with E-state index in [-0.39, 0.29) is 5.75 Å². The number of alkyl halides is 3. The van der Waals surface area contributed by atoms with E-state index in [1.165, 1.54) is 0 Å². The van der Waals surface area contributed by atoms with E-state index >= 15 is 0 Å². The Morgan fingerprint density at radius 1 is 1.00 bits per heavy atom. The van der Waals surface area contributed by atoms with Gasteiger partial charge in [-0.1, -0.05) is 60.8 Å². The minimum atomic E-state index is -1.37. The number of aromatic hydroxyl groups is 1. The van der Waals surface area contributed by atoms with Gasteiger partial charge in [0.05, 0.1) is 0 Å². The Bertz CT molecular complexity index is 311. The number of hydrogen-bond acceptors (Lipinski definition) is 1. The molecule has 0 spiro atoms. The average molecular weight is 254 g/mol. The van der Waals surface area contributed by atoms with Crippen molar-refractivity contribution in [3.63, 3.8) is 0 Å². The van der Waals surface area contributed by atoms with Gasteiger partial charge in [0, 0.05) is 5.41 Å². The van der Waals surface area contributed by atoms with Gasteiger partial charge in [0.25, 0.3) is 0 Å². The summed E-state index contributed by atoms with van der Waals surface area (Å²) in [6, 6.07) is 6.65. The lowest BCUT2D eigenvalue weighted by Gasteiger charge is -2.32. The highest BCUT2D eigenvalue weighted by Gasteiger charge is 2.41. The van der Waals surface area contributed by atoms with E-state index < -0.39 is 9.21 Å². The fourth-order valence-electron chi connectivity index (χ4n) is 1.04. The molecule has 1 N–H and O–H groups in total. The largest absolute Gasteiger partial charge is 0.508 e. The van der Waals surface area contributed by atoms with Crippen LogP contribution in [0.1, 0.15) is 19.4 Å². The minimum absolute atomic E-state index is 0.203. The molecule has 0 aromatic heterocycles. The van der Waals surface area contributed by atoms with Crippen molar-refractivity contribution in [2.24, 2.45) is 0 Å². The SMILES string of the molecule is CC(C)(c1ccc(O)cc1)C(Cl)(Cl)Cl. The van der Waals surface area contributed by atoms with Gasteiger partial charge in [-0.05, 0) is 17.7 Å². The highest BCUT2D eigenvalue weighted by atomic mass is 35.6. The molecule has 0 atom stereocenters. The van der Waals surface area contributed by atoms with Gasteiger partial charge in [-0.15, -0.1) is 0 Å². The van der Waals surface area contributed by atoms with E-state index in [9.17, 15) is 0 Å². The summed E-state index contributed by atoms with van der Waals surface area (Å²) in [5.41, 5.74) is 0.279. The number of hydrogen-bond donors (Lipinski definition) is 1. The van der Waals surface area contributed by atoms with E-state index in [0.29, 0.717) is 0 Å². The Morgan fingerprint density at radius 3 is 1.79 bits per heavy atom. The van der Waals surface area contributed by atoms with Crippen LogP contribution in [0.3, 0.4) is 0 Å². The lowest BCUT2D eigenvalue weighted by molar-refractivity contribution is 0.473. The first-order valence-corrected chi connectivity index (χ1v) is 5.25. The molecule has 0 amide bonds. The maximum Gasteiger partial charge on any atom is 0.199 e. The molecule has 0 aliphatic carbocycles. The quantitative estimate of drug-likeness (QED) is 0.749. The molecule has 0 bridgehead atoms. The summed E-state index contributed by atoms with van der Waals surface area (Å²) in [6.45, 7) is 3.68. The van der Waals surface area contributed by atoms with Gasteiger partial charge in [-0.3, -0.25) is 0 Å². The molecular formula is C10H11Cl3O. The summed E-state index contributed by atoms with van der Waals surface area (Å²) in [6.07, 6.45) is 0. The van der Waals surface area contributed by atoms with Crippen LogP contribution in [0.15, 0.2) is 24.3 Å². The molecule has 0 aliphatic rings. The van der Waals surface area contributed by atoms with Crippen molar-refractivity contribution in [1.82, 2.24) is 0 Å². The molecule has 1 aromatic carbocycles. The molecule has 0 fully saturated rings. The maximum absolute atomic E-state index is 9.13. The highest BCUT2D eigenvalue weighted by molar-refractivity contribution is 6.68.